The average molecular weight is 563 g/mol. The van der Waals surface area contributed by atoms with Gasteiger partial charge in [0.25, 0.3) is 5.91 Å². The van der Waals surface area contributed by atoms with E-state index >= 15 is 0 Å². The lowest BCUT2D eigenvalue weighted by Crippen LogP contribution is -2.46. The van der Waals surface area contributed by atoms with Crippen molar-refractivity contribution in [3.63, 3.8) is 0 Å². The molecule has 0 saturated carbocycles. The first-order chi connectivity index (χ1) is 18.1. The summed E-state index contributed by atoms with van der Waals surface area (Å²) in [5.74, 6) is -2.23. The van der Waals surface area contributed by atoms with Gasteiger partial charge < -0.3 is 10.6 Å². The molecule has 0 spiro atoms. The van der Waals surface area contributed by atoms with Crippen LogP contribution in [0.3, 0.4) is 0 Å². The van der Waals surface area contributed by atoms with Crippen LogP contribution < -0.4 is 5.73 Å². The Labute approximate surface area is 234 Å². The van der Waals surface area contributed by atoms with Gasteiger partial charge in [-0.15, -0.1) is 34.0 Å². The molecule has 0 bridgehead atoms. The Morgan fingerprint density at radius 3 is 1.97 bits per heavy atom. The largest absolute Gasteiger partial charge is 0.368 e. The quantitative estimate of drug-likeness (QED) is 0.262. The van der Waals surface area contributed by atoms with Gasteiger partial charge in [-0.3, -0.25) is 14.4 Å². The number of thiophene rings is 3. The second-order valence-corrected chi connectivity index (χ2v) is 13.6. The number of benzene rings is 1. The van der Waals surface area contributed by atoms with Crippen LogP contribution in [0.5, 0.6) is 0 Å². The monoisotopic (exact) mass is 562 g/mol. The highest BCUT2D eigenvalue weighted by Crippen LogP contribution is 2.53. The molecule has 2 amide bonds. The predicted octanol–water partition coefficient (Wildman–Crippen LogP) is 6.81. The summed E-state index contributed by atoms with van der Waals surface area (Å²) in [6.07, 6.45) is 0. The predicted molar refractivity (Wildman–Crippen MR) is 155 cm³/mol. The lowest BCUT2D eigenvalue weighted by molar-refractivity contribution is -0.122. The summed E-state index contributed by atoms with van der Waals surface area (Å²) in [7, 11) is 0. The lowest BCUT2D eigenvalue weighted by atomic mass is 9.77. The summed E-state index contributed by atoms with van der Waals surface area (Å²) in [5.41, 5.74) is 9.02. The van der Waals surface area contributed by atoms with Gasteiger partial charge in [-0.1, -0.05) is 57.2 Å². The summed E-state index contributed by atoms with van der Waals surface area (Å²) in [4.78, 5) is 45.3. The Bertz CT molecular complexity index is 1450. The van der Waals surface area contributed by atoms with E-state index in [9.17, 15) is 14.4 Å². The summed E-state index contributed by atoms with van der Waals surface area (Å²) in [6, 6.07) is 15.7. The summed E-state index contributed by atoms with van der Waals surface area (Å²) in [6.45, 7) is 8.41. The number of likely N-dealkylation sites (tertiary alicyclic amines) is 1. The average Bonchev–Trinajstić information content (AvgIpc) is 3.68. The Balaban J connectivity index is 1.75. The molecule has 4 heterocycles. The van der Waals surface area contributed by atoms with Gasteiger partial charge in [0.15, 0.2) is 5.78 Å². The molecule has 196 valence electrons. The minimum atomic E-state index is -0.981. The maximum absolute atomic E-state index is 14.3. The number of rotatable bonds is 6. The maximum atomic E-state index is 14.3. The molecule has 5 rings (SSSR count). The third-order valence-electron chi connectivity index (χ3n) is 7.32. The number of carbonyl (C=O) groups excluding carboxylic acids is 3. The van der Waals surface area contributed by atoms with Gasteiger partial charge in [0.05, 0.1) is 21.7 Å². The highest BCUT2D eigenvalue weighted by atomic mass is 32.1. The van der Waals surface area contributed by atoms with Crippen LogP contribution in [-0.4, -0.2) is 28.5 Å². The zero-order valence-corrected chi connectivity index (χ0v) is 24.2. The van der Waals surface area contributed by atoms with Crippen LogP contribution in [0.15, 0.2) is 70.7 Å². The number of carbonyl (C=O) groups is 3. The Hall–Kier alpha value is -3.07. The molecule has 2 N–H and O–H groups in total. The Kier molecular flexibility index (Phi) is 7.15. The van der Waals surface area contributed by atoms with E-state index in [4.69, 9.17) is 5.73 Å². The van der Waals surface area contributed by atoms with Crippen molar-refractivity contribution < 1.29 is 14.4 Å². The molecule has 1 fully saturated rings. The van der Waals surface area contributed by atoms with Crippen molar-refractivity contribution in [2.45, 2.75) is 51.1 Å². The molecule has 3 aromatic heterocycles. The van der Waals surface area contributed by atoms with E-state index in [1.165, 1.54) is 34.0 Å². The van der Waals surface area contributed by atoms with E-state index in [0.717, 1.165) is 21.6 Å². The van der Waals surface area contributed by atoms with E-state index in [0.29, 0.717) is 9.75 Å². The number of aryl methyl sites for hydroxylation is 1. The molecule has 1 saturated heterocycles. The zero-order chi connectivity index (χ0) is 27.2. The second-order valence-electron chi connectivity index (χ2n) is 10.7. The fourth-order valence-corrected chi connectivity index (χ4v) is 7.92. The third kappa shape index (κ3) is 4.65. The van der Waals surface area contributed by atoms with Crippen molar-refractivity contribution in [1.29, 1.82) is 0 Å². The van der Waals surface area contributed by atoms with Crippen LogP contribution in [0.1, 0.15) is 73.6 Å². The van der Waals surface area contributed by atoms with Crippen molar-refractivity contribution in [2.24, 2.45) is 11.7 Å². The fraction of sp³-hybridized carbons (Fsp3) is 0.300. The van der Waals surface area contributed by atoms with Gasteiger partial charge in [-0.05, 0) is 63.4 Å². The molecule has 1 aromatic carbocycles. The minimum absolute atomic E-state index is 0.0543. The van der Waals surface area contributed by atoms with Crippen molar-refractivity contribution in [1.82, 2.24) is 4.90 Å². The van der Waals surface area contributed by atoms with Crippen LogP contribution in [0.25, 0.3) is 0 Å². The minimum Gasteiger partial charge on any atom is -0.368 e. The topological polar surface area (TPSA) is 80.5 Å². The van der Waals surface area contributed by atoms with E-state index in [2.05, 4.69) is 32.9 Å². The molecule has 4 aromatic rings. The SMILES string of the molecule is Cc1ccsc1C1C(C(=O)c2cccs2)C(c2ccc(C(C)(C)C)cc2)C(C(N)=O)N1C(=O)c1cccs1. The van der Waals surface area contributed by atoms with E-state index < -0.39 is 29.8 Å². The molecular weight excluding hydrogens is 533 g/mol. The number of ketones is 1. The molecule has 1 aliphatic rings. The first kappa shape index (κ1) is 26.5. The fourth-order valence-electron chi connectivity index (χ4n) is 5.47. The van der Waals surface area contributed by atoms with Crippen molar-refractivity contribution >= 4 is 51.6 Å². The summed E-state index contributed by atoms with van der Waals surface area (Å²) < 4.78 is 0. The molecule has 0 aliphatic carbocycles. The number of nitrogens with two attached hydrogens (primary N) is 1. The number of hydrogen-bond acceptors (Lipinski definition) is 6. The second kappa shape index (κ2) is 10.2. The van der Waals surface area contributed by atoms with Gasteiger partial charge in [-0.25, -0.2) is 0 Å². The first-order valence-corrected chi connectivity index (χ1v) is 15.1. The van der Waals surface area contributed by atoms with Gasteiger partial charge >= 0.3 is 0 Å². The van der Waals surface area contributed by atoms with E-state index in [1.807, 2.05) is 59.5 Å². The standard InChI is InChI=1S/C30H30N2O3S3/c1-17-13-16-38-27(17)24-23(26(33)20-7-5-14-36-20)22(18-9-11-19(12-10-18)30(2,3)4)25(28(31)34)32(24)29(35)21-8-6-15-37-21/h5-16,22-25H,1-4H3,(H2,31,34). The Morgan fingerprint density at radius 1 is 0.842 bits per heavy atom. The first-order valence-electron chi connectivity index (χ1n) is 12.5. The number of amides is 2. The van der Waals surface area contributed by atoms with Crippen LogP contribution >= 0.6 is 34.0 Å². The van der Waals surface area contributed by atoms with Crippen molar-refractivity contribution in [3.05, 3.63) is 102 Å². The third-order valence-corrected chi connectivity index (χ3v) is 10.2. The Morgan fingerprint density at radius 2 is 1.47 bits per heavy atom. The van der Waals surface area contributed by atoms with Gasteiger partial charge in [0, 0.05) is 10.8 Å². The zero-order valence-electron chi connectivity index (χ0n) is 21.7. The molecule has 1 aliphatic heterocycles. The number of nitrogens with zero attached hydrogens (tertiary/aromatic N) is 1. The molecule has 4 atom stereocenters. The summed E-state index contributed by atoms with van der Waals surface area (Å²) in [5, 5.41) is 5.68. The van der Waals surface area contributed by atoms with Crippen LogP contribution in [0.4, 0.5) is 0 Å². The smallest absolute Gasteiger partial charge is 0.265 e. The van der Waals surface area contributed by atoms with Crippen molar-refractivity contribution in [2.75, 3.05) is 0 Å². The molecule has 5 nitrogen and oxygen atoms in total. The number of primary amides is 1. The van der Waals surface area contributed by atoms with Gasteiger partial charge in [0.1, 0.15) is 6.04 Å². The highest BCUT2D eigenvalue weighted by Gasteiger charge is 2.57. The highest BCUT2D eigenvalue weighted by molar-refractivity contribution is 7.12. The van der Waals surface area contributed by atoms with Crippen LogP contribution in [-0.2, 0) is 10.2 Å². The van der Waals surface area contributed by atoms with Gasteiger partial charge in [-0.2, -0.15) is 0 Å². The molecule has 4 unspecified atom stereocenters. The molecule has 8 heteroatoms. The van der Waals surface area contributed by atoms with Gasteiger partial charge in [0.2, 0.25) is 5.91 Å². The van der Waals surface area contributed by atoms with E-state index in [1.54, 1.807) is 11.0 Å². The van der Waals surface area contributed by atoms with Crippen molar-refractivity contribution in [3.8, 4) is 0 Å². The van der Waals surface area contributed by atoms with Crippen LogP contribution in [0, 0.1) is 12.8 Å². The lowest BCUT2D eigenvalue weighted by Gasteiger charge is -2.30. The molecule has 0 radical (unpaired) electrons. The summed E-state index contributed by atoms with van der Waals surface area (Å²) >= 11 is 4.21. The van der Waals surface area contributed by atoms with E-state index in [-0.39, 0.29) is 17.1 Å². The number of Topliss-reactive ketones (excluding diaryl/α,β-unsaturated/α-hetero) is 1. The molecular formula is C30H30N2O3S3. The maximum Gasteiger partial charge on any atom is 0.265 e. The van der Waals surface area contributed by atoms with Crippen LogP contribution in [0.2, 0.25) is 0 Å². The normalized spacial score (nSPS) is 21.5. The number of hydrogen-bond donors (Lipinski definition) is 1. The molecule has 38 heavy (non-hydrogen) atoms.